The zero-order valence-corrected chi connectivity index (χ0v) is 13.5. The van der Waals surface area contributed by atoms with Crippen LogP contribution in [-0.4, -0.2) is 27.6 Å². The van der Waals surface area contributed by atoms with Crippen LogP contribution in [0.25, 0.3) is 11.4 Å². The number of nitrogens with zero attached hydrogens (tertiary/aromatic N) is 3. The van der Waals surface area contributed by atoms with E-state index in [0.29, 0.717) is 33.9 Å². The first-order valence-electron chi connectivity index (χ1n) is 6.61. The summed E-state index contributed by atoms with van der Waals surface area (Å²) in [5.41, 5.74) is 0.711. The quantitative estimate of drug-likeness (QED) is 0.897. The molecule has 2 rings (SSSR count). The predicted molar refractivity (Wildman–Crippen MR) is 85.2 cm³/mol. The van der Waals surface area contributed by atoms with Crippen molar-refractivity contribution in [2.75, 3.05) is 11.9 Å². The summed E-state index contributed by atoms with van der Waals surface area (Å²) in [5.74, 6) is 0.912. The van der Waals surface area contributed by atoms with Crippen molar-refractivity contribution in [1.29, 1.82) is 0 Å². The van der Waals surface area contributed by atoms with Crippen molar-refractivity contribution in [3.05, 3.63) is 28.2 Å². The summed E-state index contributed by atoms with van der Waals surface area (Å²) >= 11 is 12.0. The fraction of sp³-hybridized carbons (Fsp3) is 0.357. The van der Waals surface area contributed by atoms with Crippen LogP contribution in [0.3, 0.4) is 0 Å². The molecule has 1 N–H and O–H groups in total. The highest BCUT2D eigenvalue weighted by Gasteiger charge is 2.11. The Hall–Kier alpha value is -1.59. The van der Waals surface area contributed by atoms with Gasteiger partial charge in [0.05, 0.1) is 6.10 Å². The molecule has 7 heteroatoms. The Bertz CT molecular complexity index is 614. The average molecular weight is 327 g/mol. The van der Waals surface area contributed by atoms with Crippen LogP contribution >= 0.6 is 23.2 Å². The number of hydrogen-bond acceptors (Lipinski definition) is 5. The Kier molecular flexibility index (Phi) is 5.20. The van der Waals surface area contributed by atoms with E-state index in [1.165, 1.54) is 0 Å². The van der Waals surface area contributed by atoms with E-state index in [1.54, 1.807) is 18.2 Å². The Balaban J connectivity index is 2.47. The van der Waals surface area contributed by atoms with Gasteiger partial charge in [0.2, 0.25) is 5.95 Å². The van der Waals surface area contributed by atoms with Crippen LogP contribution in [0.15, 0.2) is 18.2 Å². The molecule has 21 heavy (non-hydrogen) atoms. The van der Waals surface area contributed by atoms with Crippen molar-refractivity contribution in [1.82, 2.24) is 15.0 Å². The summed E-state index contributed by atoms with van der Waals surface area (Å²) in [6.45, 7) is 6.48. The second kappa shape index (κ2) is 6.91. The molecule has 0 atom stereocenters. The van der Waals surface area contributed by atoms with Gasteiger partial charge < -0.3 is 10.1 Å². The maximum Gasteiger partial charge on any atom is 0.322 e. The predicted octanol–water partition coefficient (Wildman–Crippen LogP) is 4.06. The topological polar surface area (TPSA) is 59.9 Å². The van der Waals surface area contributed by atoms with Crippen molar-refractivity contribution < 1.29 is 4.74 Å². The van der Waals surface area contributed by atoms with Gasteiger partial charge in [0.1, 0.15) is 0 Å². The molecule has 1 aromatic carbocycles. The van der Waals surface area contributed by atoms with E-state index in [-0.39, 0.29) is 12.1 Å². The van der Waals surface area contributed by atoms with Crippen molar-refractivity contribution >= 4 is 29.2 Å². The third-order valence-corrected chi connectivity index (χ3v) is 2.85. The number of halogens is 2. The molecule has 0 spiro atoms. The van der Waals surface area contributed by atoms with Crippen molar-refractivity contribution in [3.63, 3.8) is 0 Å². The molecule has 0 saturated heterocycles. The lowest BCUT2D eigenvalue weighted by Crippen LogP contribution is -2.12. The zero-order valence-electron chi connectivity index (χ0n) is 12.0. The van der Waals surface area contributed by atoms with Gasteiger partial charge in [-0.2, -0.15) is 15.0 Å². The third kappa shape index (κ3) is 4.44. The van der Waals surface area contributed by atoms with Gasteiger partial charge in [0.25, 0.3) is 0 Å². The van der Waals surface area contributed by atoms with Crippen LogP contribution in [-0.2, 0) is 0 Å². The van der Waals surface area contributed by atoms with Gasteiger partial charge in [0.15, 0.2) is 5.82 Å². The van der Waals surface area contributed by atoms with E-state index in [4.69, 9.17) is 27.9 Å². The van der Waals surface area contributed by atoms with Crippen molar-refractivity contribution in [3.8, 4) is 17.4 Å². The van der Waals surface area contributed by atoms with E-state index in [9.17, 15) is 0 Å². The van der Waals surface area contributed by atoms with Crippen LogP contribution in [0, 0.1) is 0 Å². The number of nitrogens with one attached hydrogen (secondary N) is 1. The first kappa shape index (κ1) is 15.8. The van der Waals surface area contributed by atoms with Crippen molar-refractivity contribution in [2.45, 2.75) is 26.9 Å². The molecule has 0 bridgehead atoms. The molecule has 0 radical (unpaired) electrons. The Morgan fingerprint density at radius 2 is 1.76 bits per heavy atom. The lowest BCUT2D eigenvalue weighted by Gasteiger charge is -2.11. The molecule has 0 fully saturated rings. The SMILES string of the molecule is CCNc1nc(OC(C)C)nc(-c2cc(Cl)cc(Cl)c2)n1. The van der Waals surface area contributed by atoms with Crippen LogP contribution in [0.2, 0.25) is 10.0 Å². The molecule has 0 amide bonds. The highest BCUT2D eigenvalue weighted by atomic mass is 35.5. The van der Waals surface area contributed by atoms with E-state index in [2.05, 4.69) is 20.3 Å². The molecule has 112 valence electrons. The molecular weight excluding hydrogens is 311 g/mol. The Morgan fingerprint density at radius 1 is 1.10 bits per heavy atom. The van der Waals surface area contributed by atoms with Gasteiger partial charge >= 0.3 is 6.01 Å². The number of rotatable bonds is 5. The maximum atomic E-state index is 6.02. The molecule has 2 aromatic rings. The van der Waals surface area contributed by atoms with Gasteiger partial charge in [-0.15, -0.1) is 0 Å². The van der Waals surface area contributed by atoms with Gasteiger partial charge in [-0.3, -0.25) is 0 Å². The number of ether oxygens (including phenoxy) is 1. The minimum atomic E-state index is -0.0299. The lowest BCUT2D eigenvalue weighted by molar-refractivity contribution is 0.222. The largest absolute Gasteiger partial charge is 0.461 e. The second-order valence-corrected chi connectivity index (χ2v) is 5.49. The van der Waals surface area contributed by atoms with Crippen LogP contribution < -0.4 is 10.1 Å². The first-order valence-corrected chi connectivity index (χ1v) is 7.36. The fourth-order valence-corrected chi connectivity index (χ4v) is 2.20. The summed E-state index contributed by atoms with van der Waals surface area (Å²) in [6, 6.07) is 5.42. The van der Waals surface area contributed by atoms with Gasteiger partial charge in [0, 0.05) is 22.2 Å². The Labute approximate surface area is 133 Å². The molecule has 0 aliphatic heterocycles. The van der Waals surface area contributed by atoms with Gasteiger partial charge in [-0.25, -0.2) is 0 Å². The monoisotopic (exact) mass is 326 g/mol. The highest BCUT2D eigenvalue weighted by molar-refractivity contribution is 6.35. The summed E-state index contributed by atoms with van der Waals surface area (Å²) in [5, 5.41) is 4.10. The van der Waals surface area contributed by atoms with E-state index in [1.807, 2.05) is 20.8 Å². The second-order valence-electron chi connectivity index (χ2n) is 4.62. The smallest absolute Gasteiger partial charge is 0.322 e. The summed E-state index contributed by atoms with van der Waals surface area (Å²) in [4.78, 5) is 12.9. The molecule has 1 aromatic heterocycles. The molecule has 0 aliphatic rings. The van der Waals surface area contributed by atoms with E-state index >= 15 is 0 Å². The molecule has 0 aliphatic carbocycles. The first-order chi connectivity index (χ1) is 9.97. The molecule has 0 saturated carbocycles. The minimum absolute atomic E-state index is 0.0299. The number of aromatic nitrogens is 3. The summed E-state index contributed by atoms with van der Waals surface area (Å²) in [7, 11) is 0. The highest BCUT2D eigenvalue weighted by Crippen LogP contribution is 2.26. The average Bonchev–Trinajstić information content (AvgIpc) is 2.36. The number of benzene rings is 1. The van der Waals surface area contributed by atoms with E-state index < -0.39 is 0 Å². The number of hydrogen-bond donors (Lipinski definition) is 1. The van der Waals surface area contributed by atoms with Crippen LogP contribution in [0.5, 0.6) is 6.01 Å². The zero-order chi connectivity index (χ0) is 15.4. The van der Waals surface area contributed by atoms with Gasteiger partial charge in [-0.1, -0.05) is 23.2 Å². The van der Waals surface area contributed by atoms with E-state index in [0.717, 1.165) is 0 Å². The fourth-order valence-electron chi connectivity index (χ4n) is 1.67. The summed E-state index contributed by atoms with van der Waals surface area (Å²) in [6.07, 6.45) is -0.0299. The molecule has 0 unspecified atom stereocenters. The van der Waals surface area contributed by atoms with Crippen LogP contribution in [0.4, 0.5) is 5.95 Å². The maximum absolute atomic E-state index is 6.02. The molecule has 5 nitrogen and oxygen atoms in total. The van der Waals surface area contributed by atoms with Gasteiger partial charge in [-0.05, 0) is 39.0 Å². The lowest BCUT2D eigenvalue weighted by atomic mass is 10.2. The molecule has 1 heterocycles. The van der Waals surface area contributed by atoms with Crippen LogP contribution in [0.1, 0.15) is 20.8 Å². The molecular formula is C14H16Cl2N4O. The number of anilines is 1. The standard InChI is InChI=1S/C14H16Cl2N4O/c1-4-17-13-18-12(19-14(20-13)21-8(2)3)9-5-10(15)7-11(16)6-9/h5-8H,4H2,1-3H3,(H,17,18,19,20). The van der Waals surface area contributed by atoms with Crippen molar-refractivity contribution in [2.24, 2.45) is 0 Å². The minimum Gasteiger partial charge on any atom is -0.461 e. The Morgan fingerprint density at radius 3 is 2.33 bits per heavy atom. The third-order valence-electron chi connectivity index (χ3n) is 2.41. The summed E-state index contributed by atoms with van der Waals surface area (Å²) < 4.78 is 5.56. The normalized spacial score (nSPS) is 10.8.